The van der Waals surface area contributed by atoms with Crippen LogP contribution in [0.5, 0.6) is 0 Å². The molecule has 2 N–H and O–H groups in total. The minimum Gasteiger partial charge on any atom is -0.307 e. The third kappa shape index (κ3) is 3.92. The fourth-order valence-corrected chi connectivity index (χ4v) is 2.03. The Bertz CT molecular complexity index is 476. The van der Waals surface area contributed by atoms with Crippen molar-refractivity contribution >= 4 is 16.5 Å². The maximum Gasteiger partial charge on any atom is 0.201 e. The average molecular weight is 245 g/mol. The standard InChI is InChI=1S/C13H15N3S/c1-11-10-17-13(15-11)16-14-9-5-8-12-6-3-2-4-7-12/h2-7,9-10,14H,8H2,1H3,(H,15,16). The molecule has 2 rings (SSSR count). The molecule has 0 aliphatic rings. The Kier molecular flexibility index (Phi) is 4.16. The molecular weight excluding hydrogens is 230 g/mol. The van der Waals surface area contributed by atoms with Gasteiger partial charge in [-0.25, -0.2) is 4.98 Å². The van der Waals surface area contributed by atoms with E-state index < -0.39 is 0 Å². The molecule has 0 atom stereocenters. The maximum atomic E-state index is 4.28. The number of aromatic nitrogens is 1. The Balaban J connectivity index is 1.72. The highest BCUT2D eigenvalue weighted by atomic mass is 32.1. The largest absolute Gasteiger partial charge is 0.307 e. The second-order valence-electron chi connectivity index (χ2n) is 3.66. The van der Waals surface area contributed by atoms with Crippen LogP contribution in [0.15, 0.2) is 48.0 Å². The number of rotatable bonds is 5. The number of benzene rings is 1. The van der Waals surface area contributed by atoms with Gasteiger partial charge in [-0.2, -0.15) is 0 Å². The first kappa shape index (κ1) is 11.7. The SMILES string of the molecule is Cc1csc(NNC=CCc2ccccc2)n1. The van der Waals surface area contributed by atoms with Crippen molar-refractivity contribution in [1.29, 1.82) is 0 Å². The van der Waals surface area contributed by atoms with Crippen LogP contribution in [0.2, 0.25) is 0 Å². The molecule has 88 valence electrons. The molecule has 0 bridgehead atoms. The van der Waals surface area contributed by atoms with Gasteiger partial charge in [0.15, 0.2) is 0 Å². The zero-order valence-electron chi connectivity index (χ0n) is 9.68. The summed E-state index contributed by atoms with van der Waals surface area (Å²) in [4.78, 5) is 4.28. The summed E-state index contributed by atoms with van der Waals surface area (Å²) in [5.74, 6) is 0. The summed E-state index contributed by atoms with van der Waals surface area (Å²) in [6.07, 6.45) is 4.89. The van der Waals surface area contributed by atoms with E-state index >= 15 is 0 Å². The van der Waals surface area contributed by atoms with Crippen LogP contribution in [0.3, 0.4) is 0 Å². The maximum absolute atomic E-state index is 4.28. The van der Waals surface area contributed by atoms with Gasteiger partial charge in [0.1, 0.15) is 0 Å². The van der Waals surface area contributed by atoms with Gasteiger partial charge in [0, 0.05) is 11.6 Å². The van der Waals surface area contributed by atoms with E-state index in [9.17, 15) is 0 Å². The number of hydrazine groups is 1. The van der Waals surface area contributed by atoms with Crippen LogP contribution >= 0.6 is 11.3 Å². The van der Waals surface area contributed by atoms with Gasteiger partial charge in [0.05, 0.1) is 5.69 Å². The fourth-order valence-electron chi connectivity index (χ4n) is 1.38. The molecule has 1 heterocycles. The highest BCUT2D eigenvalue weighted by molar-refractivity contribution is 7.13. The third-order valence-electron chi connectivity index (χ3n) is 2.20. The molecule has 2 aromatic rings. The van der Waals surface area contributed by atoms with E-state index in [1.807, 2.05) is 36.7 Å². The van der Waals surface area contributed by atoms with Crippen LogP contribution < -0.4 is 10.9 Å². The number of allylic oxidation sites excluding steroid dienone is 1. The van der Waals surface area contributed by atoms with E-state index in [4.69, 9.17) is 0 Å². The van der Waals surface area contributed by atoms with Crippen molar-refractivity contribution in [2.24, 2.45) is 0 Å². The van der Waals surface area contributed by atoms with Crippen LogP contribution in [0, 0.1) is 6.92 Å². The smallest absolute Gasteiger partial charge is 0.201 e. The third-order valence-corrected chi connectivity index (χ3v) is 3.07. The van der Waals surface area contributed by atoms with E-state index in [1.54, 1.807) is 11.3 Å². The number of nitrogens with one attached hydrogen (secondary N) is 2. The second-order valence-corrected chi connectivity index (χ2v) is 4.51. The molecule has 0 aliphatic heterocycles. The number of aryl methyl sites for hydroxylation is 1. The van der Waals surface area contributed by atoms with Crippen LogP contribution in [0.1, 0.15) is 11.3 Å². The molecule has 0 radical (unpaired) electrons. The lowest BCUT2D eigenvalue weighted by molar-refractivity contribution is 1.03. The summed E-state index contributed by atoms with van der Waals surface area (Å²) >= 11 is 1.59. The summed E-state index contributed by atoms with van der Waals surface area (Å²) in [6, 6.07) is 10.3. The Morgan fingerprint density at radius 1 is 1.29 bits per heavy atom. The van der Waals surface area contributed by atoms with Gasteiger partial charge in [-0.3, -0.25) is 5.43 Å². The number of nitrogens with zero attached hydrogens (tertiary/aromatic N) is 1. The van der Waals surface area contributed by atoms with Crippen LogP contribution in [-0.4, -0.2) is 4.98 Å². The van der Waals surface area contributed by atoms with Gasteiger partial charge in [-0.15, -0.1) is 11.3 Å². The van der Waals surface area contributed by atoms with Crippen LogP contribution in [-0.2, 0) is 6.42 Å². The monoisotopic (exact) mass is 245 g/mol. The van der Waals surface area contributed by atoms with Crippen LogP contribution in [0.4, 0.5) is 5.13 Å². The minimum atomic E-state index is 0.881. The van der Waals surface area contributed by atoms with Gasteiger partial charge in [-0.05, 0) is 18.9 Å². The van der Waals surface area contributed by atoms with E-state index in [1.165, 1.54) is 5.56 Å². The fraction of sp³-hybridized carbons (Fsp3) is 0.154. The first-order chi connectivity index (χ1) is 8.34. The minimum absolute atomic E-state index is 0.881. The second kappa shape index (κ2) is 6.06. The van der Waals surface area contributed by atoms with Gasteiger partial charge in [0.25, 0.3) is 0 Å². The quantitative estimate of drug-likeness (QED) is 0.795. The highest BCUT2D eigenvalue weighted by Gasteiger charge is 1.93. The van der Waals surface area contributed by atoms with Gasteiger partial charge >= 0.3 is 0 Å². The molecule has 4 heteroatoms. The molecule has 3 nitrogen and oxygen atoms in total. The molecule has 0 saturated heterocycles. The van der Waals surface area contributed by atoms with Crippen molar-refractivity contribution in [2.75, 3.05) is 5.43 Å². The summed E-state index contributed by atoms with van der Waals surface area (Å²) in [5, 5.41) is 2.89. The number of thiazole rings is 1. The van der Waals surface area contributed by atoms with Gasteiger partial charge < -0.3 is 5.43 Å². The average Bonchev–Trinajstić information content (AvgIpc) is 2.76. The van der Waals surface area contributed by atoms with Gasteiger partial charge in [0.2, 0.25) is 5.13 Å². The predicted molar refractivity (Wildman–Crippen MR) is 72.9 cm³/mol. The first-order valence-corrected chi connectivity index (χ1v) is 6.35. The van der Waals surface area contributed by atoms with Gasteiger partial charge in [-0.1, -0.05) is 36.4 Å². The Morgan fingerprint density at radius 3 is 2.82 bits per heavy atom. The molecule has 0 fully saturated rings. The van der Waals surface area contributed by atoms with Crippen molar-refractivity contribution in [3.05, 3.63) is 59.2 Å². The van der Waals surface area contributed by atoms with Crippen LogP contribution in [0.25, 0.3) is 0 Å². The molecule has 0 aliphatic carbocycles. The number of anilines is 1. The molecule has 0 saturated carbocycles. The number of hydrogen-bond donors (Lipinski definition) is 2. The van der Waals surface area contributed by atoms with Crippen molar-refractivity contribution < 1.29 is 0 Å². The lowest BCUT2D eigenvalue weighted by Crippen LogP contribution is -2.13. The Hall–Kier alpha value is -1.81. The summed E-state index contributed by atoms with van der Waals surface area (Å²) < 4.78 is 0. The molecular formula is C13H15N3S. The highest BCUT2D eigenvalue weighted by Crippen LogP contribution is 2.12. The van der Waals surface area contributed by atoms with E-state index in [0.717, 1.165) is 17.2 Å². The molecule has 0 amide bonds. The topological polar surface area (TPSA) is 37.0 Å². The van der Waals surface area contributed by atoms with E-state index in [-0.39, 0.29) is 0 Å². The Labute approximate surface area is 105 Å². The van der Waals surface area contributed by atoms with E-state index in [2.05, 4.69) is 34.0 Å². The summed E-state index contributed by atoms with van der Waals surface area (Å²) in [6.45, 7) is 1.98. The van der Waals surface area contributed by atoms with Crippen molar-refractivity contribution in [3.63, 3.8) is 0 Å². The molecule has 0 unspecified atom stereocenters. The lowest BCUT2D eigenvalue weighted by Gasteiger charge is -2.00. The zero-order chi connectivity index (χ0) is 11.9. The molecule has 1 aromatic heterocycles. The lowest BCUT2D eigenvalue weighted by atomic mass is 10.1. The normalized spacial score (nSPS) is 10.6. The molecule has 1 aromatic carbocycles. The van der Waals surface area contributed by atoms with Crippen molar-refractivity contribution in [1.82, 2.24) is 10.4 Å². The number of hydrogen-bond acceptors (Lipinski definition) is 4. The van der Waals surface area contributed by atoms with Crippen molar-refractivity contribution in [2.45, 2.75) is 13.3 Å². The zero-order valence-corrected chi connectivity index (χ0v) is 10.5. The molecule has 17 heavy (non-hydrogen) atoms. The summed E-state index contributed by atoms with van der Waals surface area (Å²) in [5.41, 5.74) is 8.36. The Morgan fingerprint density at radius 2 is 2.12 bits per heavy atom. The van der Waals surface area contributed by atoms with E-state index in [0.29, 0.717) is 0 Å². The van der Waals surface area contributed by atoms with Crippen molar-refractivity contribution in [3.8, 4) is 0 Å². The first-order valence-electron chi connectivity index (χ1n) is 5.47. The molecule has 0 spiro atoms. The predicted octanol–water partition coefficient (Wildman–Crippen LogP) is 3.12. The summed E-state index contributed by atoms with van der Waals surface area (Å²) in [7, 11) is 0.